The van der Waals surface area contributed by atoms with E-state index < -0.39 is 0 Å². The number of hydrogen-bond acceptors (Lipinski definition) is 2. The lowest BCUT2D eigenvalue weighted by molar-refractivity contribution is 0.301. The van der Waals surface area contributed by atoms with Crippen molar-refractivity contribution in [1.29, 1.82) is 0 Å². The molecule has 0 heterocycles. The topological polar surface area (TPSA) is 21.3 Å². The monoisotopic (exact) mass is 337 g/mol. The SMILES string of the molecule is CC[C@@H](C)NCc1cc(Cl)ccc1OCc1ccccc1Cl. The number of rotatable bonds is 7. The van der Waals surface area contributed by atoms with E-state index in [9.17, 15) is 0 Å². The summed E-state index contributed by atoms with van der Waals surface area (Å²) in [5.74, 6) is 0.833. The summed E-state index contributed by atoms with van der Waals surface area (Å²) in [7, 11) is 0. The molecule has 2 aromatic rings. The van der Waals surface area contributed by atoms with Gasteiger partial charge in [0.25, 0.3) is 0 Å². The number of ether oxygens (including phenoxy) is 1. The van der Waals surface area contributed by atoms with Crippen LogP contribution in [0, 0.1) is 0 Å². The van der Waals surface area contributed by atoms with Crippen LogP contribution >= 0.6 is 23.2 Å². The summed E-state index contributed by atoms with van der Waals surface area (Å²) in [5.41, 5.74) is 2.03. The molecule has 0 unspecified atom stereocenters. The van der Waals surface area contributed by atoms with E-state index in [-0.39, 0.29) is 0 Å². The van der Waals surface area contributed by atoms with Crippen molar-refractivity contribution in [3.63, 3.8) is 0 Å². The first-order chi connectivity index (χ1) is 10.6. The van der Waals surface area contributed by atoms with Crippen LogP contribution in [0.2, 0.25) is 10.0 Å². The second-order valence-electron chi connectivity index (χ2n) is 5.32. The third-order valence-corrected chi connectivity index (χ3v) is 4.22. The minimum absolute atomic E-state index is 0.442. The van der Waals surface area contributed by atoms with Gasteiger partial charge in [0.15, 0.2) is 0 Å². The molecule has 0 aliphatic carbocycles. The lowest BCUT2D eigenvalue weighted by Crippen LogP contribution is -2.24. The molecule has 0 bridgehead atoms. The van der Waals surface area contributed by atoms with Gasteiger partial charge in [0.2, 0.25) is 0 Å². The fourth-order valence-electron chi connectivity index (χ4n) is 2.03. The highest BCUT2D eigenvalue weighted by Gasteiger charge is 2.08. The number of halogens is 2. The quantitative estimate of drug-likeness (QED) is 0.724. The van der Waals surface area contributed by atoms with Crippen molar-refractivity contribution in [2.24, 2.45) is 0 Å². The maximum atomic E-state index is 6.16. The molecule has 1 atom stereocenters. The number of hydrogen-bond donors (Lipinski definition) is 1. The van der Waals surface area contributed by atoms with Crippen LogP contribution in [-0.4, -0.2) is 6.04 Å². The van der Waals surface area contributed by atoms with Gasteiger partial charge in [0, 0.05) is 33.8 Å². The first kappa shape index (κ1) is 17.1. The van der Waals surface area contributed by atoms with E-state index in [2.05, 4.69) is 19.2 Å². The van der Waals surface area contributed by atoms with E-state index in [1.165, 1.54) is 0 Å². The van der Waals surface area contributed by atoms with Gasteiger partial charge in [-0.25, -0.2) is 0 Å². The molecule has 1 N–H and O–H groups in total. The maximum absolute atomic E-state index is 6.16. The van der Waals surface area contributed by atoms with Gasteiger partial charge < -0.3 is 10.1 Å². The highest BCUT2D eigenvalue weighted by molar-refractivity contribution is 6.31. The minimum atomic E-state index is 0.442. The van der Waals surface area contributed by atoms with Crippen molar-refractivity contribution in [2.45, 2.75) is 39.5 Å². The number of nitrogens with one attached hydrogen (secondary N) is 1. The predicted octanol–water partition coefficient (Wildman–Crippen LogP) is 5.46. The Bertz CT molecular complexity index is 616. The first-order valence-electron chi connectivity index (χ1n) is 7.48. The van der Waals surface area contributed by atoms with Crippen LogP contribution in [0.1, 0.15) is 31.4 Å². The van der Waals surface area contributed by atoms with Crippen LogP contribution in [-0.2, 0) is 13.2 Å². The summed E-state index contributed by atoms with van der Waals surface area (Å²) in [5, 5.41) is 4.89. The lowest BCUT2D eigenvalue weighted by Gasteiger charge is -2.16. The molecule has 0 saturated heterocycles. The third kappa shape index (κ3) is 4.91. The van der Waals surface area contributed by atoms with Gasteiger partial charge in [-0.1, -0.05) is 48.3 Å². The molecule has 0 saturated carbocycles. The average molecular weight is 338 g/mol. The second-order valence-corrected chi connectivity index (χ2v) is 6.17. The molecule has 2 aromatic carbocycles. The van der Waals surface area contributed by atoms with E-state index >= 15 is 0 Å². The normalized spacial score (nSPS) is 12.2. The molecule has 0 aromatic heterocycles. The van der Waals surface area contributed by atoms with Crippen LogP contribution < -0.4 is 10.1 Å². The van der Waals surface area contributed by atoms with E-state index in [1.54, 1.807) is 0 Å². The highest BCUT2D eigenvalue weighted by Crippen LogP contribution is 2.25. The minimum Gasteiger partial charge on any atom is -0.489 e. The molecule has 0 radical (unpaired) electrons. The largest absolute Gasteiger partial charge is 0.489 e. The highest BCUT2D eigenvalue weighted by atomic mass is 35.5. The Balaban J connectivity index is 2.08. The van der Waals surface area contributed by atoms with Crippen molar-refractivity contribution in [2.75, 3.05) is 0 Å². The summed E-state index contributed by atoms with van der Waals surface area (Å²) in [6.07, 6.45) is 1.08. The Morgan fingerprint density at radius 2 is 1.86 bits per heavy atom. The first-order valence-corrected chi connectivity index (χ1v) is 8.23. The van der Waals surface area contributed by atoms with Crippen LogP contribution in [0.25, 0.3) is 0 Å². The van der Waals surface area contributed by atoms with Gasteiger partial charge in [-0.05, 0) is 37.6 Å². The summed E-state index contributed by atoms with van der Waals surface area (Å²) in [6, 6.07) is 13.9. The smallest absolute Gasteiger partial charge is 0.124 e. The fourth-order valence-corrected chi connectivity index (χ4v) is 2.41. The molecule has 2 nitrogen and oxygen atoms in total. The van der Waals surface area contributed by atoms with Gasteiger partial charge in [-0.15, -0.1) is 0 Å². The predicted molar refractivity (Wildman–Crippen MR) is 93.8 cm³/mol. The Hall–Kier alpha value is -1.22. The zero-order valence-corrected chi connectivity index (χ0v) is 14.4. The standard InChI is InChI=1S/C18H21Cl2NO/c1-3-13(2)21-11-15-10-16(19)8-9-18(15)22-12-14-6-4-5-7-17(14)20/h4-10,13,21H,3,11-12H2,1-2H3/t13-/m1/s1. The molecule has 0 amide bonds. The van der Waals surface area contributed by atoms with Gasteiger partial charge in [0.05, 0.1) is 0 Å². The van der Waals surface area contributed by atoms with Gasteiger partial charge >= 0.3 is 0 Å². The lowest BCUT2D eigenvalue weighted by atomic mass is 10.1. The van der Waals surface area contributed by atoms with Crippen molar-refractivity contribution in [3.05, 3.63) is 63.6 Å². The van der Waals surface area contributed by atoms with Crippen molar-refractivity contribution < 1.29 is 4.74 Å². The molecule has 0 spiro atoms. The Kier molecular flexibility index (Phi) is 6.56. The molecule has 4 heteroatoms. The molecule has 2 rings (SSSR count). The summed E-state index contributed by atoms with van der Waals surface area (Å²) >= 11 is 12.3. The van der Waals surface area contributed by atoms with Crippen LogP contribution in [0.3, 0.4) is 0 Å². The summed E-state index contributed by atoms with van der Waals surface area (Å²) < 4.78 is 5.94. The van der Waals surface area contributed by atoms with Crippen molar-refractivity contribution in [1.82, 2.24) is 5.32 Å². The second kappa shape index (κ2) is 8.42. The third-order valence-electron chi connectivity index (χ3n) is 3.62. The van der Waals surface area contributed by atoms with Crippen molar-refractivity contribution in [3.8, 4) is 5.75 Å². The molecule has 0 aliphatic rings. The van der Waals surface area contributed by atoms with E-state index in [0.717, 1.165) is 34.9 Å². The van der Waals surface area contributed by atoms with Crippen LogP contribution in [0.5, 0.6) is 5.75 Å². The van der Waals surface area contributed by atoms with Crippen molar-refractivity contribution >= 4 is 23.2 Å². The maximum Gasteiger partial charge on any atom is 0.124 e. The Morgan fingerprint density at radius 3 is 2.59 bits per heavy atom. The van der Waals surface area contributed by atoms with E-state index in [1.807, 2.05) is 42.5 Å². The van der Waals surface area contributed by atoms with E-state index in [4.69, 9.17) is 27.9 Å². The fraction of sp³-hybridized carbons (Fsp3) is 0.333. The van der Waals surface area contributed by atoms with Gasteiger partial charge in [-0.3, -0.25) is 0 Å². The zero-order chi connectivity index (χ0) is 15.9. The molecular weight excluding hydrogens is 317 g/mol. The van der Waals surface area contributed by atoms with Crippen LogP contribution in [0.4, 0.5) is 0 Å². The molecule has 0 aliphatic heterocycles. The van der Waals surface area contributed by atoms with Gasteiger partial charge in [-0.2, -0.15) is 0 Å². The zero-order valence-electron chi connectivity index (χ0n) is 12.9. The molecule has 118 valence electrons. The Labute approximate surface area is 142 Å². The Morgan fingerprint density at radius 1 is 1.09 bits per heavy atom. The summed E-state index contributed by atoms with van der Waals surface area (Å²) in [4.78, 5) is 0. The molecular formula is C18H21Cl2NO. The van der Waals surface area contributed by atoms with Crippen LogP contribution in [0.15, 0.2) is 42.5 Å². The molecule has 22 heavy (non-hydrogen) atoms. The van der Waals surface area contributed by atoms with Gasteiger partial charge in [0.1, 0.15) is 12.4 Å². The number of benzene rings is 2. The molecule has 0 fully saturated rings. The average Bonchev–Trinajstić information content (AvgIpc) is 2.53. The van der Waals surface area contributed by atoms with E-state index in [0.29, 0.717) is 17.7 Å². The summed E-state index contributed by atoms with van der Waals surface area (Å²) in [6.45, 7) is 5.49.